The van der Waals surface area contributed by atoms with Gasteiger partial charge >= 0.3 is 0 Å². The molecule has 0 spiro atoms. The molecule has 10 heteroatoms. The maximum absolute atomic E-state index is 15.3. The Hall–Kier alpha value is -3.52. The molecule has 34 heavy (non-hydrogen) atoms. The number of pyridine rings is 1. The first-order valence-corrected chi connectivity index (χ1v) is 11.2. The summed E-state index contributed by atoms with van der Waals surface area (Å²) in [5.74, 6) is -1.67. The molecule has 6 nitrogen and oxygen atoms in total. The van der Waals surface area contributed by atoms with Gasteiger partial charge in [-0.15, -0.1) is 0 Å². The van der Waals surface area contributed by atoms with Crippen LogP contribution in [0.25, 0.3) is 22.0 Å². The van der Waals surface area contributed by atoms with Crippen molar-refractivity contribution in [1.82, 2.24) is 19.7 Å². The van der Waals surface area contributed by atoms with Crippen LogP contribution in [0, 0.1) is 11.6 Å². The summed E-state index contributed by atoms with van der Waals surface area (Å²) in [6.07, 6.45) is 3.52. The lowest BCUT2D eigenvalue weighted by atomic mass is 9.59. The van der Waals surface area contributed by atoms with Gasteiger partial charge in [0, 0.05) is 28.7 Å². The second kappa shape index (κ2) is 7.50. The van der Waals surface area contributed by atoms with Crippen molar-refractivity contribution in [2.24, 2.45) is 0 Å². The van der Waals surface area contributed by atoms with Crippen molar-refractivity contribution in [1.29, 1.82) is 0 Å². The Morgan fingerprint density at radius 1 is 1.09 bits per heavy atom. The molecule has 0 atom stereocenters. The van der Waals surface area contributed by atoms with Crippen molar-refractivity contribution in [2.45, 2.75) is 17.9 Å². The minimum Gasteiger partial charge on any atom is -0.377 e. The highest BCUT2D eigenvalue weighted by Gasteiger charge is 2.44. The topological polar surface area (TPSA) is 60.2 Å². The van der Waals surface area contributed by atoms with Crippen molar-refractivity contribution in [3.05, 3.63) is 83.3 Å². The van der Waals surface area contributed by atoms with E-state index in [9.17, 15) is 4.79 Å². The highest BCUT2D eigenvalue weighted by atomic mass is 19.1. The Morgan fingerprint density at radius 3 is 2.50 bits per heavy atom. The van der Waals surface area contributed by atoms with Crippen LogP contribution in [0.15, 0.2) is 54.9 Å². The number of carbonyl (C=O) groups is 1. The van der Waals surface area contributed by atoms with Gasteiger partial charge in [-0.3, -0.25) is 14.5 Å². The van der Waals surface area contributed by atoms with E-state index in [0.717, 1.165) is 10.9 Å². The van der Waals surface area contributed by atoms with Crippen LogP contribution >= 0.6 is 0 Å². The Labute approximate surface area is 196 Å². The summed E-state index contributed by atoms with van der Waals surface area (Å²) in [5.41, 5.74) is 2.80. The zero-order chi connectivity index (χ0) is 23.6. The molecule has 2 aromatic carbocycles. The van der Waals surface area contributed by atoms with Gasteiger partial charge in [0.2, 0.25) is 0 Å². The number of carbonyl (C=O) groups excluding carboxylic acids is 1. The third kappa shape index (κ3) is 3.09. The first kappa shape index (κ1) is 21.0. The number of hydrogen-bond acceptors (Lipinski definition) is 4. The number of halogens is 2. The SMILES string of the molecule is BC1(B)c2ncccc2C(=O)N1Cc1c(F)cc(-c2cccc3nn(C4COC4)cc23)cc1F. The van der Waals surface area contributed by atoms with E-state index >= 15 is 8.78 Å². The molecule has 0 radical (unpaired) electrons. The smallest absolute Gasteiger partial charge is 0.255 e. The van der Waals surface area contributed by atoms with E-state index in [0.29, 0.717) is 35.6 Å². The van der Waals surface area contributed by atoms with Crippen molar-refractivity contribution >= 4 is 32.5 Å². The molecule has 2 aliphatic heterocycles. The Kier molecular flexibility index (Phi) is 4.64. The molecular weight excluding hydrogens is 436 g/mol. The number of nitrogens with zero attached hydrogens (tertiary/aromatic N) is 4. The zero-order valence-corrected chi connectivity index (χ0v) is 18.8. The van der Waals surface area contributed by atoms with Crippen LogP contribution < -0.4 is 0 Å². The highest BCUT2D eigenvalue weighted by Crippen LogP contribution is 2.36. The van der Waals surface area contributed by atoms with Crippen LogP contribution in [0.2, 0.25) is 0 Å². The minimum atomic E-state index is -0.781. The molecule has 168 valence electrons. The van der Waals surface area contributed by atoms with E-state index in [1.165, 1.54) is 17.0 Å². The highest BCUT2D eigenvalue weighted by molar-refractivity contribution is 6.42. The quantitative estimate of drug-likeness (QED) is 0.441. The van der Waals surface area contributed by atoms with Gasteiger partial charge in [0.25, 0.3) is 5.91 Å². The van der Waals surface area contributed by atoms with Gasteiger partial charge in [-0.1, -0.05) is 12.1 Å². The van der Waals surface area contributed by atoms with Crippen LogP contribution in [0.3, 0.4) is 0 Å². The standard InChI is InChI=1S/C24H20B2F2N4O2/c25-24(26)22-16(4-2-6-29-22)23(33)31(24)9-18-19(27)7-13(8-20(18)28)15-3-1-5-21-17(15)10-32(30-21)14-11-34-12-14/h1-8,10,14H,9,11-12,25-26H2. The second-order valence-electron chi connectivity index (χ2n) is 9.31. The fraction of sp³-hybridized carbons (Fsp3) is 0.208. The predicted molar refractivity (Wildman–Crippen MR) is 128 cm³/mol. The van der Waals surface area contributed by atoms with Gasteiger partial charge in [0.15, 0.2) is 0 Å². The van der Waals surface area contributed by atoms with Gasteiger partial charge < -0.3 is 9.64 Å². The molecule has 0 N–H and O–H groups in total. The summed E-state index contributed by atoms with van der Waals surface area (Å²) in [7, 11) is 3.67. The number of fused-ring (bicyclic) bond motifs is 2. The van der Waals surface area contributed by atoms with Crippen LogP contribution in [0.1, 0.15) is 27.7 Å². The number of hydrogen-bond donors (Lipinski definition) is 0. The van der Waals surface area contributed by atoms with E-state index in [1.54, 1.807) is 18.3 Å². The van der Waals surface area contributed by atoms with Gasteiger partial charge in [0.05, 0.1) is 42.6 Å². The number of ether oxygens (including phenoxy) is 1. The maximum atomic E-state index is 15.3. The number of aromatic nitrogens is 3. The lowest BCUT2D eigenvalue weighted by molar-refractivity contribution is -0.0283. The van der Waals surface area contributed by atoms with E-state index in [4.69, 9.17) is 4.74 Å². The van der Waals surface area contributed by atoms with Crippen LogP contribution in [0.5, 0.6) is 0 Å². The zero-order valence-electron chi connectivity index (χ0n) is 18.8. The lowest BCUT2D eigenvalue weighted by Gasteiger charge is -2.32. The predicted octanol–water partition coefficient (Wildman–Crippen LogP) is 1.98. The molecule has 0 bridgehead atoms. The molecule has 0 unspecified atom stereocenters. The Bertz CT molecular complexity index is 1450. The van der Waals surface area contributed by atoms with E-state index < -0.39 is 17.0 Å². The third-order valence-electron chi connectivity index (χ3n) is 6.87. The molecule has 0 aliphatic carbocycles. The summed E-state index contributed by atoms with van der Waals surface area (Å²) >= 11 is 0. The summed E-state index contributed by atoms with van der Waals surface area (Å²) in [5, 5.41) is 4.63. The molecule has 1 fully saturated rings. The average molecular weight is 456 g/mol. The van der Waals surface area contributed by atoms with E-state index in [1.807, 2.05) is 44.8 Å². The normalized spacial score (nSPS) is 17.2. The van der Waals surface area contributed by atoms with Gasteiger partial charge in [0.1, 0.15) is 27.3 Å². The summed E-state index contributed by atoms with van der Waals surface area (Å²) in [4.78, 5) is 18.8. The Morgan fingerprint density at radius 2 is 1.82 bits per heavy atom. The number of amides is 1. The van der Waals surface area contributed by atoms with Crippen LogP contribution in [-0.4, -0.2) is 54.5 Å². The van der Waals surface area contributed by atoms with Gasteiger partial charge in [-0.05, 0) is 41.5 Å². The largest absolute Gasteiger partial charge is 0.377 e. The molecule has 2 aliphatic rings. The summed E-state index contributed by atoms with van der Waals surface area (Å²) in [6.45, 7) is 1.02. The van der Waals surface area contributed by atoms with E-state index in [2.05, 4.69) is 10.1 Å². The van der Waals surface area contributed by atoms with Crippen molar-refractivity contribution < 1.29 is 18.3 Å². The summed E-state index contributed by atoms with van der Waals surface area (Å²) < 4.78 is 37.8. The van der Waals surface area contributed by atoms with Gasteiger partial charge in [-0.25, -0.2) is 8.78 Å². The monoisotopic (exact) mass is 456 g/mol. The molecular formula is C24H20B2F2N4O2. The first-order valence-electron chi connectivity index (χ1n) is 11.2. The molecule has 2 aromatic heterocycles. The molecule has 1 amide bonds. The fourth-order valence-electron chi connectivity index (χ4n) is 4.81. The van der Waals surface area contributed by atoms with Crippen LogP contribution in [0.4, 0.5) is 8.78 Å². The van der Waals surface area contributed by atoms with Crippen molar-refractivity contribution in [2.75, 3.05) is 13.2 Å². The molecule has 4 heterocycles. The molecule has 0 saturated carbocycles. The average Bonchev–Trinajstić information content (AvgIpc) is 3.27. The van der Waals surface area contributed by atoms with Crippen LogP contribution in [-0.2, 0) is 16.6 Å². The van der Waals surface area contributed by atoms with Crippen molar-refractivity contribution in [3.63, 3.8) is 0 Å². The fourth-order valence-corrected chi connectivity index (χ4v) is 4.81. The molecule has 6 rings (SSSR count). The third-order valence-corrected chi connectivity index (χ3v) is 6.87. The first-order chi connectivity index (χ1) is 16.3. The summed E-state index contributed by atoms with van der Waals surface area (Å²) in [6, 6.07) is 11.7. The molecule has 4 aromatic rings. The number of benzene rings is 2. The molecule has 1 saturated heterocycles. The van der Waals surface area contributed by atoms with E-state index in [-0.39, 0.29) is 24.1 Å². The second-order valence-corrected chi connectivity index (χ2v) is 9.31. The Balaban J connectivity index is 1.37. The van der Waals surface area contributed by atoms with Gasteiger partial charge in [-0.2, -0.15) is 5.10 Å². The maximum Gasteiger partial charge on any atom is 0.255 e. The minimum absolute atomic E-state index is 0.146. The van der Waals surface area contributed by atoms with Crippen molar-refractivity contribution in [3.8, 4) is 11.1 Å². The lowest BCUT2D eigenvalue weighted by Crippen LogP contribution is -2.45. The number of rotatable bonds is 4.